The molecule has 2 aromatic rings. The second-order valence-electron chi connectivity index (χ2n) is 4.79. The van der Waals surface area contributed by atoms with Gasteiger partial charge in [0, 0.05) is 28.0 Å². The lowest BCUT2D eigenvalue weighted by Gasteiger charge is -2.10. The lowest BCUT2D eigenvalue weighted by atomic mass is 10.0. The number of aromatic amines is 1. The third kappa shape index (κ3) is 2.29. The maximum atomic E-state index is 11.4. The van der Waals surface area contributed by atoms with Gasteiger partial charge < -0.3 is 20.5 Å². The fraction of sp³-hybridized carbons (Fsp3) is 0.143. The van der Waals surface area contributed by atoms with Crippen LogP contribution in [0.3, 0.4) is 0 Å². The molecule has 7 heteroatoms. The minimum absolute atomic E-state index is 0.0288. The Morgan fingerprint density at radius 1 is 1.29 bits per heavy atom. The number of aliphatic carboxylic acids is 2. The number of carboxylic acids is 2. The summed E-state index contributed by atoms with van der Waals surface area (Å²) in [5, 5.41) is 22.0. The van der Waals surface area contributed by atoms with Gasteiger partial charge in [0.2, 0.25) is 0 Å². The van der Waals surface area contributed by atoms with E-state index in [0.717, 1.165) is 15.4 Å². The molecule has 0 bridgehead atoms. The summed E-state index contributed by atoms with van der Waals surface area (Å²) in [6.07, 6.45) is 1.46. The topological polar surface area (TPSA) is 102 Å². The molecular formula is C14H11BrN2O4. The average Bonchev–Trinajstić information content (AvgIpc) is 2.63. The number of benzene rings is 1. The quantitative estimate of drug-likeness (QED) is 0.662. The predicted octanol–water partition coefficient (Wildman–Crippen LogP) is 1.95. The fourth-order valence-corrected chi connectivity index (χ4v) is 2.88. The van der Waals surface area contributed by atoms with Crippen molar-refractivity contribution in [3.8, 4) is 0 Å². The summed E-state index contributed by atoms with van der Waals surface area (Å²) in [5.41, 5.74) is 1.95. The lowest BCUT2D eigenvalue weighted by molar-refractivity contribution is -0.139. The molecule has 1 aliphatic rings. The molecule has 2 heterocycles. The largest absolute Gasteiger partial charge is 0.480 e. The van der Waals surface area contributed by atoms with Crippen LogP contribution < -0.4 is 5.32 Å². The third-order valence-corrected chi connectivity index (χ3v) is 4.00. The highest BCUT2D eigenvalue weighted by molar-refractivity contribution is 9.10. The smallest absolute Gasteiger partial charge is 0.339 e. The highest BCUT2D eigenvalue weighted by Gasteiger charge is 2.28. The van der Waals surface area contributed by atoms with E-state index in [1.807, 2.05) is 18.2 Å². The number of aromatic nitrogens is 1. The first kappa shape index (κ1) is 13.7. The van der Waals surface area contributed by atoms with E-state index in [9.17, 15) is 19.8 Å². The van der Waals surface area contributed by atoms with Crippen LogP contribution in [0.25, 0.3) is 16.5 Å². The molecule has 0 spiro atoms. The molecule has 108 valence electrons. The normalized spacial score (nSPS) is 17.6. The Balaban J connectivity index is 2.26. The molecule has 4 N–H and O–H groups in total. The Morgan fingerprint density at radius 3 is 2.71 bits per heavy atom. The van der Waals surface area contributed by atoms with E-state index in [-0.39, 0.29) is 12.0 Å². The Labute approximate surface area is 127 Å². The van der Waals surface area contributed by atoms with Crippen LogP contribution in [0.1, 0.15) is 11.3 Å². The molecule has 0 fully saturated rings. The number of fused-ring (bicyclic) bond motifs is 3. The van der Waals surface area contributed by atoms with Crippen molar-refractivity contribution in [3.63, 3.8) is 0 Å². The number of halogens is 1. The minimum atomic E-state index is -1.11. The highest BCUT2D eigenvalue weighted by atomic mass is 79.9. The van der Waals surface area contributed by atoms with Gasteiger partial charge in [-0.2, -0.15) is 0 Å². The van der Waals surface area contributed by atoms with Crippen LogP contribution in [0.2, 0.25) is 0 Å². The van der Waals surface area contributed by atoms with Gasteiger partial charge in [-0.05, 0) is 17.7 Å². The van der Waals surface area contributed by atoms with E-state index >= 15 is 0 Å². The van der Waals surface area contributed by atoms with Crippen LogP contribution in [-0.2, 0) is 16.0 Å². The molecule has 6 nitrogen and oxygen atoms in total. The second-order valence-corrected chi connectivity index (χ2v) is 5.71. The first-order valence-corrected chi connectivity index (χ1v) is 6.99. The van der Waals surface area contributed by atoms with Crippen LogP contribution in [0.4, 0.5) is 0 Å². The van der Waals surface area contributed by atoms with E-state index in [0.29, 0.717) is 11.3 Å². The number of rotatable bonds is 2. The maximum Gasteiger partial charge on any atom is 0.339 e. The molecule has 1 aromatic heterocycles. The molecule has 21 heavy (non-hydrogen) atoms. The number of hydrogen-bond acceptors (Lipinski definition) is 3. The summed E-state index contributed by atoms with van der Waals surface area (Å²) in [7, 11) is 0. The molecular weight excluding hydrogens is 340 g/mol. The number of carbonyl (C=O) groups is 2. The molecule has 0 radical (unpaired) electrons. The van der Waals surface area contributed by atoms with Gasteiger partial charge in [0.15, 0.2) is 0 Å². The van der Waals surface area contributed by atoms with Crippen molar-refractivity contribution in [2.75, 3.05) is 0 Å². The van der Waals surface area contributed by atoms with Gasteiger partial charge in [0.1, 0.15) is 6.04 Å². The number of nitrogens with one attached hydrogen (secondary N) is 2. The maximum absolute atomic E-state index is 11.4. The van der Waals surface area contributed by atoms with Gasteiger partial charge in [-0.1, -0.05) is 22.0 Å². The van der Waals surface area contributed by atoms with Crippen molar-refractivity contribution < 1.29 is 19.8 Å². The zero-order chi connectivity index (χ0) is 15.1. The standard InChI is InChI=1S/C14H11BrN2O4/c15-6-1-2-7-8-4-11(14(20)21)16-5-9(13(18)19)12(8)17-10(7)3-6/h1-3,5,11,16-17H,4H2,(H,18,19)(H,20,21). The zero-order valence-electron chi connectivity index (χ0n) is 10.7. The summed E-state index contributed by atoms with van der Waals surface area (Å²) in [4.78, 5) is 25.7. The third-order valence-electron chi connectivity index (χ3n) is 3.50. The Bertz CT molecular complexity index is 794. The van der Waals surface area contributed by atoms with Crippen LogP contribution in [0.15, 0.2) is 28.9 Å². The number of H-pyrrole nitrogens is 1. The van der Waals surface area contributed by atoms with E-state index < -0.39 is 18.0 Å². The van der Waals surface area contributed by atoms with E-state index in [1.165, 1.54) is 6.20 Å². The van der Waals surface area contributed by atoms with Crippen molar-refractivity contribution in [1.82, 2.24) is 10.3 Å². The van der Waals surface area contributed by atoms with E-state index in [4.69, 9.17) is 0 Å². The first-order valence-electron chi connectivity index (χ1n) is 6.20. The van der Waals surface area contributed by atoms with Crippen LogP contribution in [-0.4, -0.2) is 33.2 Å². The minimum Gasteiger partial charge on any atom is -0.480 e. The molecule has 3 rings (SSSR count). The van der Waals surface area contributed by atoms with Crippen molar-refractivity contribution in [3.05, 3.63) is 40.1 Å². The van der Waals surface area contributed by atoms with Crippen LogP contribution in [0.5, 0.6) is 0 Å². The van der Waals surface area contributed by atoms with Crippen molar-refractivity contribution in [2.45, 2.75) is 12.5 Å². The Morgan fingerprint density at radius 2 is 2.05 bits per heavy atom. The molecule has 0 amide bonds. The summed E-state index contributed by atoms with van der Waals surface area (Å²) >= 11 is 3.36. The van der Waals surface area contributed by atoms with Crippen LogP contribution in [0, 0.1) is 0 Å². The van der Waals surface area contributed by atoms with Gasteiger partial charge in [0.25, 0.3) is 0 Å². The van der Waals surface area contributed by atoms with Gasteiger partial charge in [0.05, 0.1) is 11.3 Å². The molecule has 0 aliphatic carbocycles. The van der Waals surface area contributed by atoms with E-state index in [1.54, 1.807) is 0 Å². The first-order chi connectivity index (χ1) is 9.97. The molecule has 1 aliphatic heterocycles. The molecule has 1 atom stereocenters. The monoisotopic (exact) mass is 350 g/mol. The number of carboxylic acid groups (broad SMARTS) is 2. The highest BCUT2D eigenvalue weighted by Crippen LogP contribution is 2.31. The molecule has 1 unspecified atom stereocenters. The summed E-state index contributed by atoms with van der Waals surface area (Å²) in [6, 6.07) is 4.67. The van der Waals surface area contributed by atoms with Crippen molar-refractivity contribution in [1.29, 1.82) is 0 Å². The Kier molecular flexibility index (Phi) is 3.21. The molecule has 0 saturated heterocycles. The second kappa shape index (κ2) is 4.92. The molecule has 0 saturated carbocycles. The Hall–Kier alpha value is -2.28. The van der Waals surface area contributed by atoms with E-state index in [2.05, 4.69) is 26.2 Å². The lowest BCUT2D eigenvalue weighted by Crippen LogP contribution is -2.34. The summed E-state index contributed by atoms with van der Waals surface area (Å²) in [6.45, 7) is 0. The SMILES string of the molecule is O=C(O)C1=CNC(C(=O)O)Cc2c1[nH]c1cc(Br)ccc21. The summed E-state index contributed by atoms with van der Waals surface area (Å²) < 4.78 is 0.861. The summed E-state index contributed by atoms with van der Waals surface area (Å²) in [5.74, 6) is -2.13. The number of hydrogen-bond donors (Lipinski definition) is 4. The van der Waals surface area contributed by atoms with Gasteiger partial charge in [-0.15, -0.1) is 0 Å². The molecule has 1 aromatic carbocycles. The van der Waals surface area contributed by atoms with Crippen molar-refractivity contribution >= 4 is 44.3 Å². The van der Waals surface area contributed by atoms with Gasteiger partial charge in [-0.25, -0.2) is 9.59 Å². The zero-order valence-corrected chi connectivity index (χ0v) is 12.3. The fourth-order valence-electron chi connectivity index (χ4n) is 2.52. The van der Waals surface area contributed by atoms with Gasteiger partial charge >= 0.3 is 11.9 Å². The van der Waals surface area contributed by atoms with Gasteiger partial charge in [-0.3, -0.25) is 0 Å². The average molecular weight is 351 g/mol. The van der Waals surface area contributed by atoms with Crippen LogP contribution >= 0.6 is 15.9 Å². The van der Waals surface area contributed by atoms with Crippen molar-refractivity contribution in [2.24, 2.45) is 0 Å². The predicted molar refractivity (Wildman–Crippen MR) is 79.9 cm³/mol.